The average Bonchev–Trinajstić information content (AvgIpc) is 3.75. The van der Waals surface area contributed by atoms with Crippen LogP contribution in [0.3, 0.4) is 0 Å². The average molecular weight is 813 g/mol. The predicted octanol–water partition coefficient (Wildman–Crippen LogP) is 5.33. The van der Waals surface area contributed by atoms with Gasteiger partial charge in [-0.2, -0.15) is 0 Å². The number of hydrogen-bond acceptors (Lipinski definition) is 13. The number of unbranched alkanes of at least 4 members (excludes halogenated alkanes) is 1. The molecule has 0 aliphatic carbocycles. The number of benzene rings is 1. The first-order valence-corrected chi connectivity index (χ1v) is 21.0. The number of fused-ring (bicyclic) bond motifs is 1. The lowest BCUT2D eigenvalue weighted by Gasteiger charge is -2.47. The molecule has 3 aliphatic heterocycles. The highest BCUT2D eigenvalue weighted by Gasteiger charge is 2.59. The second-order valence-corrected chi connectivity index (χ2v) is 17.8. The van der Waals surface area contributed by atoms with Gasteiger partial charge in [-0.05, 0) is 104 Å². The molecule has 13 atom stereocenters. The lowest BCUT2D eigenvalue weighted by Crippen LogP contribution is -2.59. The summed E-state index contributed by atoms with van der Waals surface area (Å²) in [6.07, 6.45) is 1.03. The Labute approximate surface area is 344 Å². The van der Waals surface area contributed by atoms with Crippen molar-refractivity contribution in [3.05, 3.63) is 30.5 Å². The SMILES string of the molecule is CC[C@H]1OC(=O)[C@H](C)C(=O)[C@H](C)[C@@H](O[C@@H]2O[C@H](C)CC(N(C)C)C2O)[C@](C)(OC)C[C@@H](C)C[C@H](C)[C@H]2N(CCCCn3cc(-c4cccc(N)c4)nn3)C(=O)O[C@]12C. The molecule has 2 aromatic rings. The Morgan fingerprint density at radius 1 is 1.05 bits per heavy atom. The molecule has 2 unspecified atom stereocenters. The van der Waals surface area contributed by atoms with E-state index in [1.165, 1.54) is 0 Å². The number of aryl methyl sites for hydroxylation is 1. The minimum absolute atomic E-state index is 0.0188. The normalized spacial score (nSPS) is 36.7. The van der Waals surface area contributed by atoms with E-state index in [1.807, 2.05) is 77.2 Å². The number of Topliss-reactive ketones (excluding diaryl/α,β-unsaturated/α-hetero) is 1. The van der Waals surface area contributed by atoms with E-state index < -0.39 is 65.7 Å². The van der Waals surface area contributed by atoms with Crippen LogP contribution in [0.5, 0.6) is 0 Å². The van der Waals surface area contributed by atoms with Gasteiger partial charge < -0.3 is 44.3 Å². The molecule has 0 bridgehead atoms. The Balaban J connectivity index is 1.40. The van der Waals surface area contributed by atoms with Gasteiger partial charge in [-0.1, -0.05) is 45.0 Å². The number of carbonyl (C=O) groups is 3. The number of aromatic nitrogens is 3. The molecule has 1 aromatic carbocycles. The molecular formula is C43H68N6O9. The van der Waals surface area contributed by atoms with E-state index in [0.717, 1.165) is 17.7 Å². The van der Waals surface area contributed by atoms with Gasteiger partial charge in [0, 0.05) is 43.4 Å². The van der Waals surface area contributed by atoms with Gasteiger partial charge in [0.15, 0.2) is 17.7 Å². The molecular weight excluding hydrogens is 745 g/mol. The Morgan fingerprint density at radius 2 is 1.76 bits per heavy atom. The number of cyclic esters (lactones) is 1. The number of esters is 1. The number of rotatable bonds is 11. The first-order valence-electron chi connectivity index (χ1n) is 21.0. The zero-order chi connectivity index (χ0) is 42.7. The summed E-state index contributed by atoms with van der Waals surface area (Å²) in [7, 11) is 5.41. The van der Waals surface area contributed by atoms with E-state index in [9.17, 15) is 19.5 Å². The van der Waals surface area contributed by atoms with Crippen LogP contribution in [0.1, 0.15) is 93.9 Å². The summed E-state index contributed by atoms with van der Waals surface area (Å²) in [5.74, 6) is -3.16. The van der Waals surface area contributed by atoms with Crippen molar-refractivity contribution in [2.75, 3.05) is 33.5 Å². The molecule has 1 aromatic heterocycles. The van der Waals surface area contributed by atoms with Crippen LogP contribution >= 0.6 is 0 Å². The van der Waals surface area contributed by atoms with E-state index in [4.69, 9.17) is 29.4 Å². The van der Waals surface area contributed by atoms with Crippen LogP contribution in [-0.2, 0) is 39.8 Å². The fraction of sp³-hybridized carbons (Fsp3) is 0.744. The fourth-order valence-electron chi connectivity index (χ4n) is 9.83. The van der Waals surface area contributed by atoms with Crippen molar-refractivity contribution in [1.82, 2.24) is 24.8 Å². The molecule has 324 valence electrons. The van der Waals surface area contributed by atoms with Crippen LogP contribution in [0.15, 0.2) is 30.5 Å². The maximum Gasteiger partial charge on any atom is 0.410 e. The third kappa shape index (κ3) is 9.70. The molecule has 0 spiro atoms. The van der Waals surface area contributed by atoms with E-state index >= 15 is 0 Å². The topological polar surface area (TPSA) is 181 Å². The van der Waals surface area contributed by atoms with Crippen molar-refractivity contribution in [3.8, 4) is 11.3 Å². The Bertz CT molecular complexity index is 1720. The van der Waals surface area contributed by atoms with Gasteiger partial charge >= 0.3 is 12.1 Å². The largest absolute Gasteiger partial charge is 0.458 e. The van der Waals surface area contributed by atoms with E-state index in [1.54, 1.807) is 30.5 Å². The predicted molar refractivity (Wildman–Crippen MR) is 218 cm³/mol. The van der Waals surface area contributed by atoms with Crippen molar-refractivity contribution in [2.24, 2.45) is 23.7 Å². The van der Waals surface area contributed by atoms with Crippen LogP contribution in [0.2, 0.25) is 0 Å². The second kappa shape index (κ2) is 18.7. The number of carbonyl (C=O) groups excluding carboxylic acids is 3. The monoisotopic (exact) mass is 813 g/mol. The minimum Gasteiger partial charge on any atom is -0.458 e. The smallest absolute Gasteiger partial charge is 0.410 e. The summed E-state index contributed by atoms with van der Waals surface area (Å²) < 4.78 is 33.4. The molecule has 1 amide bonds. The summed E-state index contributed by atoms with van der Waals surface area (Å²) >= 11 is 0. The van der Waals surface area contributed by atoms with Crippen LogP contribution in [-0.4, -0.2) is 129 Å². The minimum atomic E-state index is -1.18. The van der Waals surface area contributed by atoms with Gasteiger partial charge in [-0.25, -0.2) is 4.79 Å². The Hall–Kier alpha value is -3.63. The first-order chi connectivity index (χ1) is 27.3. The molecule has 0 saturated carbocycles. The molecule has 58 heavy (non-hydrogen) atoms. The highest BCUT2D eigenvalue weighted by Crippen LogP contribution is 2.44. The van der Waals surface area contributed by atoms with Crippen molar-refractivity contribution in [3.63, 3.8) is 0 Å². The number of nitrogen functional groups attached to an aromatic ring is 1. The molecule has 3 fully saturated rings. The molecule has 3 saturated heterocycles. The van der Waals surface area contributed by atoms with Gasteiger partial charge in [-0.15, -0.1) is 5.10 Å². The van der Waals surface area contributed by atoms with Gasteiger partial charge in [0.25, 0.3) is 0 Å². The molecule has 5 rings (SSSR count). The first kappa shape index (κ1) is 45.5. The summed E-state index contributed by atoms with van der Waals surface area (Å²) in [6.45, 7) is 16.2. The lowest BCUT2D eigenvalue weighted by molar-refractivity contribution is -0.295. The van der Waals surface area contributed by atoms with Crippen molar-refractivity contribution < 1.29 is 43.2 Å². The third-order valence-electron chi connectivity index (χ3n) is 12.9. The summed E-state index contributed by atoms with van der Waals surface area (Å²) in [5, 5.41) is 20.1. The molecule has 3 N–H and O–H groups in total. The molecule has 4 heterocycles. The zero-order valence-electron chi connectivity index (χ0n) is 36.4. The number of anilines is 1. The van der Waals surface area contributed by atoms with E-state index in [-0.39, 0.29) is 29.8 Å². The molecule has 15 nitrogen and oxygen atoms in total. The fourth-order valence-corrected chi connectivity index (χ4v) is 9.83. The standard InChI is InChI=1S/C43H68N6O9/c1-12-34-43(8)37(49(41(53)58-43)19-14-13-18-48-24-32(45-46-48)30-16-15-17-31(44)22-30)26(3)20-25(2)23-42(7,54-11)38(28(5)35(50)29(6)39(52)56-34)57-40-36(51)33(47(9)10)21-27(4)55-40/h15-17,22,24-29,33-34,36-38,40,51H,12-14,18-21,23,44H2,1-11H3/t25-,26-,27+,28-,29+,33?,34+,36?,37+,38+,40-,42+,43+/m0/s1. The van der Waals surface area contributed by atoms with Crippen LogP contribution in [0, 0.1) is 23.7 Å². The van der Waals surface area contributed by atoms with E-state index in [0.29, 0.717) is 50.9 Å². The number of aliphatic hydroxyl groups is 1. The lowest BCUT2D eigenvalue weighted by atomic mass is 9.74. The Kier molecular flexibility index (Phi) is 14.7. The number of likely N-dealkylation sites (N-methyl/N-ethyl adjacent to an activating group) is 1. The van der Waals surface area contributed by atoms with Crippen LogP contribution in [0.4, 0.5) is 10.5 Å². The van der Waals surface area contributed by atoms with Gasteiger partial charge in [0.1, 0.15) is 23.8 Å². The molecule has 15 heteroatoms. The van der Waals surface area contributed by atoms with Crippen molar-refractivity contribution in [2.45, 2.75) is 154 Å². The van der Waals surface area contributed by atoms with Crippen LogP contribution < -0.4 is 5.73 Å². The van der Waals surface area contributed by atoms with Crippen molar-refractivity contribution in [1.29, 1.82) is 0 Å². The highest BCUT2D eigenvalue weighted by atomic mass is 16.7. The summed E-state index contributed by atoms with van der Waals surface area (Å²) in [5.41, 5.74) is 6.02. The number of ether oxygens (including phenoxy) is 5. The van der Waals surface area contributed by atoms with Gasteiger partial charge in [0.05, 0.1) is 30.0 Å². The highest BCUT2D eigenvalue weighted by molar-refractivity contribution is 6.00. The Morgan fingerprint density at radius 3 is 2.41 bits per heavy atom. The number of ketones is 1. The van der Waals surface area contributed by atoms with Gasteiger partial charge in [-0.3, -0.25) is 14.3 Å². The van der Waals surface area contributed by atoms with Crippen molar-refractivity contribution >= 4 is 23.5 Å². The number of methoxy groups -OCH3 is 1. The summed E-state index contributed by atoms with van der Waals surface area (Å²) in [6, 6.07) is 6.84. The second-order valence-electron chi connectivity index (χ2n) is 17.8. The zero-order valence-corrected chi connectivity index (χ0v) is 36.4. The maximum absolute atomic E-state index is 14.3. The number of aliphatic hydroxyl groups excluding tert-OH is 1. The quantitative estimate of drug-likeness (QED) is 0.129. The number of nitrogens with two attached hydrogens (primary N) is 1. The van der Waals surface area contributed by atoms with Gasteiger partial charge in [0.2, 0.25) is 0 Å². The molecule has 3 aliphatic rings. The maximum atomic E-state index is 14.3. The number of amides is 1. The molecule has 0 radical (unpaired) electrons. The van der Waals surface area contributed by atoms with E-state index in [2.05, 4.69) is 24.2 Å². The number of nitrogens with zero attached hydrogens (tertiary/aromatic N) is 5. The summed E-state index contributed by atoms with van der Waals surface area (Å²) in [4.78, 5) is 45.9. The van der Waals surface area contributed by atoms with Crippen LogP contribution in [0.25, 0.3) is 11.3 Å². The number of hydrogen-bond donors (Lipinski definition) is 2. The third-order valence-corrected chi connectivity index (χ3v) is 12.9.